The minimum absolute atomic E-state index is 0. The predicted octanol–water partition coefficient (Wildman–Crippen LogP) is 1.62. The van der Waals surface area contributed by atoms with Gasteiger partial charge in [0.05, 0.1) is 0 Å². The fourth-order valence-electron chi connectivity index (χ4n) is 3.18. The van der Waals surface area contributed by atoms with Gasteiger partial charge in [-0.25, -0.2) is 9.48 Å². The first-order chi connectivity index (χ1) is 12.5. The second-order valence-electron chi connectivity index (χ2n) is 6.56. The van der Waals surface area contributed by atoms with Crippen LogP contribution in [0, 0.1) is 0 Å². The van der Waals surface area contributed by atoms with Crippen molar-refractivity contribution >= 4 is 29.7 Å². The Hall–Kier alpha value is -1.83. The summed E-state index contributed by atoms with van der Waals surface area (Å²) in [5, 5.41) is 4.68. The summed E-state index contributed by atoms with van der Waals surface area (Å²) < 4.78 is 2.44. The van der Waals surface area contributed by atoms with E-state index in [1.54, 1.807) is 0 Å². The van der Waals surface area contributed by atoms with Gasteiger partial charge in [-0.05, 0) is 37.6 Å². The number of aryl methyl sites for hydroxylation is 1. The van der Waals surface area contributed by atoms with E-state index in [4.69, 9.17) is 11.6 Å². The average Bonchev–Trinajstić information content (AvgIpc) is 2.65. The van der Waals surface area contributed by atoms with Gasteiger partial charge < -0.3 is 4.90 Å². The second-order valence-corrected chi connectivity index (χ2v) is 7.00. The Bertz CT molecular complexity index is 859. The van der Waals surface area contributed by atoms with Crippen molar-refractivity contribution < 1.29 is 0 Å². The molecule has 1 aliphatic rings. The van der Waals surface area contributed by atoms with Crippen molar-refractivity contribution in [3.05, 3.63) is 56.3 Å². The molecule has 0 aliphatic carbocycles. The Morgan fingerprint density at radius 2 is 1.78 bits per heavy atom. The standard InChI is InChI=1S/C18H24ClN5O2.ClH/c1-21-17(25)14-20-24(18(21)26)8-3-2-7-22-9-11-23(12-10-22)16-6-4-5-15(19)13-16;/h4-6,13-14H,2-3,7-12H2,1H3;1H. The van der Waals surface area contributed by atoms with E-state index in [-0.39, 0.29) is 23.7 Å². The smallest absolute Gasteiger partial charge is 0.347 e. The lowest BCUT2D eigenvalue weighted by atomic mass is 10.2. The van der Waals surface area contributed by atoms with Gasteiger partial charge in [-0.3, -0.25) is 14.3 Å². The highest BCUT2D eigenvalue weighted by atomic mass is 35.5. The third kappa shape index (κ3) is 5.57. The maximum atomic E-state index is 11.9. The van der Waals surface area contributed by atoms with E-state index >= 15 is 0 Å². The first-order valence-electron chi connectivity index (χ1n) is 8.90. The molecule has 1 aromatic carbocycles. The molecule has 7 nitrogen and oxygen atoms in total. The monoisotopic (exact) mass is 413 g/mol. The van der Waals surface area contributed by atoms with Gasteiger partial charge in [0.2, 0.25) is 0 Å². The maximum absolute atomic E-state index is 11.9. The largest absolute Gasteiger partial charge is 0.369 e. The number of piperazine rings is 1. The van der Waals surface area contributed by atoms with Crippen LogP contribution in [-0.2, 0) is 13.6 Å². The first-order valence-corrected chi connectivity index (χ1v) is 9.28. The Balaban J connectivity index is 0.00000261. The Morgan fingerprint density at radius 3 is 2.48 bits per heavy atom. The van der Waals surface area contributed by atoms with Crippen molar-refractivity contribution in [2.24, 2.45) is 7.05 Å². The van der Waals surface area contributed by atoms with Gasteiger partial charge >= 0.3 is 5.69 Å². The average molecular weight is 414 g/mol. The van der Waals surface area contributed by atoms with Crippen molar-refractivity contribution in [3.8, 4) is 0 Å². The van der Waals surface area contributed by atoms with E-state index in [1.807, 2.05) is 18.2 Å². The Labute approximate surface area is 169 Å². The number of rotatable bonds is 6. The molecule has 27 heavy (non-hydrogen) atoms. The summed E-state index contributed by atoms with van der Waals surface area (Å²) in [7, 11) is 1.47. The van der Waals surface area contributed by atoms with Crippen LogP contribution in [0.15, 0.2) is 40.1 Å². The van der Waals surface area contributed by atoms with E-state index in [2.05, 4.69) is 21.0 Å². The summed E-state index contributed by atoms with van der Waals surface area (Å²) >= 11 is 6.07. The van der Waals surface area contributed by atoms with Crippen LogP contribution in [0.25, 0.3) is 0 Å². The maximum Gasteiger partial charge on any atom is 0.347 e. The van der Waals surface area contributed by atoms with Crippen LogP contribution >= 0.6 is 24.0 Å². The van der Waals surface area contributed by atoms with E-state index in [1.165, 1.54) is 23.6 Å². The number of anilines is 1. The molecule has 0 unspecified atom stereocenters. The van der Waals surface area contributed by atoms with Crippen LogP contribution < -0.4 is 16.1 Å². The first kappa shape index (κ1) is 21.5. The summed E-state index contributed by atoms with van der Waals surface area (Å²) in [5.74, 6) is 0. The predicted molar refractivity (Wildman–Crippen MR) is 110 cm³/mol. The lowest BCUT2D eigenvalue weighted by Gasteiger charge is -2.36. The molecule has 0 N–H and O–H groups in total. The molecule has 3 rings (SSSR count). The lowest BCUT2D eigenvalue weighted by Crippen LogP contribution is -2.46. The normalized spacial score (nSPS) is 14.8. The lowest BCUT2D eigenvalue weighted by molar-refractivity contribution is 0.250. The fourth-order valence-corrected chi connectivity index (χ4v) is 3.36. The number of halogens is 2. The van der Waals surface area contributed by atoms with Gasteiger partial charge in [0.25, 0.3) is 5.56 Å². The number of nitrogens with zero attached hydrogens (tertiary/aromatic N) is 5. The molecular weight excluding hydrogens is 389 g/mol. The molecule has 1 fully saturated rings. The third-order valence-electron chi connectivity index (χ3n) is 4.79. The highest BCUT2D eigenvalue weighted by Gasteiger charge is 2.16. The molecule has 0 radical (unpaired) electrons. The zero-order valence-electron chi connectivity index (χ0n) is 15.4. The van der Waals surface area contributed by atoms with Crippen molar-refractivity contribution in [3.63, 3.8) is 0 Å². The zero-order valence-corrected chi connectivity index (χ0v) is 17.0. The number of hydrogen-bond donors (Lipinski definition) is 0. The van der Waals surface area contributed by atoms with Crippen molar-refractivity contribution in [1.29, 1.82) is 0 Å². The summed E-state index contributed by atoms with van der Waals surface area (Å²) in [5.41, 5.74) is 0.453. The van der Waals surface area contributed by atoms with Gasteiger partial charge in [0, 0.05) is 50.5 Å². The molecule has 2 heterocycles. The number of hydrogen-bond acceptors (Lipinski definition) is 5. The van der Waals surface area contributed by atoms with Gasteiger partial charge in [-0.15, -0.1) is 12.4 Å². The minimum Gasteiger partial charge on any atom is -0.369 e. The van der Waals surface area contributed by atoms with Crippen molar-refractivity contribution in [2.75, 3.05) is 37.6 Å². The molecule has 0 spiro atoms. The van der Waals surface area contributed by atoms with E-state index in [0.717, 1.165) is 55.2 Å². The SMILES string of the molecule is Cl.Cn1c(=O)cnn(CCCCN2CCN(c3cccc(Cl)c3)CC2)c1=O. The van der Waals surface area contributed by atoms with E-state index in [9.17, 15) is 9.59 Å². The van der Waals surface area contributed by atoms with E-state index < -0.39 is 0 Å². The van der Waals surface area contributed by atoms with Crippen LogP contribution in [0.4, 0.5) is 5.69 Å². The highest BCUT2D eigenvalue weighted by Crippen LogP contribution is 2.20. The van der Waals surface area contributed by atoms with Crippen LogP contribution in [0.1, 0.15) is 12.8 Å². The van der Waals surface area contributed by atoms with Crippen LogP contribution in [0.3, 0.4) is 0 Å². The zero-order chi connectivity index (χ0) is 18.5. The fraction of sp³-hybridized carbons (Fsp3) is 0.500. The summed E-state index contributed by atoms with van der Waals surface area (Å²) in [4.78, 5) is 28.1. The topological polar surface area (TPSA) is 63.4 Å². The summed E-state index contributed by atoms with van der Waals surface area (Å²) in [6, 6.07) is 7.99. The van der Waals surface area contributed by atoms with Crippen LogP contribution in [-0.4, -0.2) is 52.0 Å². The summed E-state index contributed by atoms with van der Waals surface area (Å²) in [6.45, 7) is 5.55. The Morgan fingerprint density at radius 1 is 1.07 bits per heavy atom. The quantitative estimate of drug-likeness (QED) is 0.673. The second kappa shape index (κ2) is 9.92. The molecule has 148 valence electrons. The molecular formula is C18H25Cl2N5O2. The van der Waals surface area contributed by atoms with Crippen LogP contribution in [0.2, 0.25) is 5.02 Å². The minimum atomic E-state index is -0.371. The molecule has 0 atom stereocenters. The molecule has 0 bridgehead atoms. The number of aromatic nitrogens is 3. The molecule has 1 saturated heterocycles. The number of benzene rings is 1. The Kier molecular flexibility index (Phi) is 7.89. The van der Waals surface area contributed by atoms with Crippen molar-refractivity contribution in [2.45, 2.75) is 19.4 Å². The highest BCUT2D eigenvalue weighted by molar-refractivity contribution is 6.30. The third-order valence-corrected chi connectivity index (χ3v) is 5.02. The van der Waals surface area contributed by atoms with E-state index in [0.29, 0.717) is 6.54 Å². The molecule has 2 aromatic rings. The van der Waals surface area contributed by atoms with Crippen molar-refractivity contribution in [1.82, 2.24) is 19.2 Å². The van der Waals surface area contributed by atoms with Gasteiger partial charge in [0.15, 0.2) is 0 Å². The molecule has 9 heteroatoms. The van der Waals surface area contributed by atoms with Gasteiger partial charge in [-0.1, -0.05) is 17.7 Å². The molecule has 1 aromatic heterocycles. The van der Waals surface area contributed by atoms with Crippen LogP contribution in [0.5, 0.6) is 0 Å². The molecule has 0 saturated carbocycles. The van der Waals surface area contributed by atoms with Gasteiger partial charge in [0.1, 0.15) is 6.20 Å². The molecule has 0 amide bonds. The van der Waals surface area contributed by atoms with Gasteiger partial charge in [-0.2, -0.15) is 5.10 Å². The number of unbranched alkanes of at least 4 members (excludes halogenated alkanes) is 1. The molecule has 1 aliphatic heterocycles. The summed E-state index contributed by atoms with van der Waals surface area (Å²) in [6.07, 6.45) is 3.05.